The van der Waals surface area contributed by atoms with Crippen LogP contribution in [0.3, 0.4) is 0 Å². The summed E-state index contributed by atoms with van der Waals surface area (Å²) in [6.45, 7) is 0.703. The van der Waals surface area contributed by atoms with E-state index in [1.54, 1.807) is 11.9 Å². The van der Waals surface area contributed by atoms with Gasteiger partial charge in [-0.15, -0.1) is 0 Å². The van der Waals surface area contributed by atoms with Gasteiger partial charge in [0.2, 0.25) is 5.91 Å². The fourth-order valence-corrected chi connectivity index (χ4v) is 2.09. The zero-order valence-electron chi connectivity index (χ0n) is 9.29. The van der Waals surface area contributed by atoms with Gasteiger partial charge in [-0.05, 0) is 51.2 Å². The Kier molecular flexibility index (Phi) is 6.05. The van der Waals surface area contributed by atoms with Crippen LogP contribution < -0.4 is 15.8 Å². The monoisotopic (exact) mass is 231 g/mol. The summed E-state index contributed by atoms with van der Waals surface area (Å²) < 4.78 is 2.91. The van der Waals surface area contributed by atoms with E-state index in [0.717, 1.165) is 19.3 Å². The second kappa shape index (κ2) is 7.09. The summed E-state index contributed by atoms with van der Waals surface area (Å²) >= 11 is 1.57. The van der Waals surface area contributed by atoms with Gasteiger partial charge in [0.15, 0.2) is 0 Å². The molecule has 1 aliphatic carbocycles. The molecule has 88 valence electrons. The minimum absolute atomic E-state index is 0.0669. The molecule has 0 bridgehead atoms. The van der Waals surface area contributed by atoms with Gasteiger partial charge >= 0.3 is 0 Å². The molecular weight excluding hydrogens is 210 g/mol. The number of rotatable bonds is 8. The Hall–Kier alpha value is -0.260. The van der Waals surface area contributed by atoms with E-state index < -0.39 is 0 Å². The van der Waals surface area contributed by atoms with Crippen LogP contribution in [-0.2, 0) is 4.79 Å². The first-order valence-corrected chi connectivity index (χ1v) is 6.48. The Morgan fingerprint density at radius 1 is 1.53 bits per heavy atom. The Balaban J connectivity index is 2.13. The van der Waals surface area contributed by atoms with Crippen LogP contribution in [0.5, 0.6) is 0 Å². The molecule has 1 amide bonds. The Morgan fingerprint density at radius 3 is 2.80 bits per heavy atom. The summed E-state index contributed by atoms with van der Waals surface area (Å²) in [6, 6.07) is -0.0669. The van der Waals surface area contributed by atoms with Crippen molar-refractivity contribution in [2.24, 2.45) is 5.73 Å². The smallest absolute Gasteiger partial charge is 0.246 e. The highest BCUT2D eigenvalue weighted by atomic mass is 32.2. The minimum Gasteiger partial charge on any atom is -0.330 e. The minimum atomic E-state index is -0.0669. The first-order chi connectivity index (χ1) is 7.27. The number of nitrogens with one attached hydrogen (secondary N) is 2. The van der Waals surface area contributed by atoms with Crippen LogP contribution in [0.4, 0.5) is 0 Å². The highest BCUT2D eigenvalue weighted by Gasteiger charge is 2.24. The largest absolute Gasteiger partial charge is 0.330 e. The number of amides is 1. The van der Waals surface area contributed by atoms with Crippen LogP contribution in [-0.4, -0.2) is 30.8 Å². The van der Waals surface area contributed by atoms with Crippen molar-refractivity contribution >= 4 is 17.9 Å². The predicted molar refractivity (Wildman–Crippen MR) is 64.5 cm³/mol. The molecule has 1 rings (SSSR count). The van der Waals surface area contributed by atoms with Gasteiger partial charge in [0.25, 0.3) is 0 Å². The first kappa shape index (κ1) is 12.8. The summed E-state index contributed by atoms with van der Waals surface area (Å²) in [7, 11) is 1.83. The van der Waals surface area contributed by atoms with Gasteiger partial charge in [0.1, 0.15) is 0 Å². The SMILES string of the molecule is CNC(CCCCN)C(=O)NSC1CC1. The van der Waals surface area contributed by atoms with E-state index in [9.17, 15) is 4.79 Å². The number of likely N-dealkylation sites (N-methyl/N-ethyl adjacent to an activating group) is 1. The maximum Gasteiger partial charge on any atom is 0.246 e. The molecular formula is C10H21N3OS. The van der Waals surface area contributed by atoms with Gasteiger partial charge < -0.3 is 11.1 Å². The lowest BCUT2D eigenvalue weighted by Gasteiger charge is -2.14. The van der Waals surface area contributed by atoms with Crippen molar-refractivity contribution in [3.8, 4) is 0 Å². The zero-order chi connectivity index (χ0) is 11.1. The van der Waals surface area contributed by atoms with Gasteiger partial charge in [-0.3, -0.25) is 9.52 Å². The summed E-state index contributed by atoms with van der Waals surface area (Å²) in [4.78, 5) is 11.7. The van der Waals surface area contributed by atoms with Crippen molar-refractivity contribution in [2.45, 2.75) is 43.4 Å². The number of unbranched alkanes of at least 4 members (excludes halogenated alkanes) is 1. The lowest BCUT2D eigenvalue weighted by Crippen LogP contribution is -2.40. The molecule has 1 atom stereocenters. The fourth-order valence-electron chi connectivity index (χ4n) is 1.30. The van der Waals surface area contributed by atoms with Crippen molar-refractivity contribution in [1.29, 1.82) is 0 Å². The van der Waals surface area contributed by atoms with Crippen LogP contribution in [0.25, 0.3) is 0 Å². The van der Waals surface area contributed by atoms with Gasteiger partial charge in [-0.1, -0.05) is 6.42 Å². The van der Waals surface area contributed by atoms with Gasteiger partial charge in [-0.25, -0.2) is 0 Å². The summed E-state index contributed by atoms with van der Waals surface area (Å²) in [5.41, 5.74) is 5.41. The second-order valence-corrected chi connectivity index (χ2v) is 5.02. The molecule has 15 heavy (non-hydrogen) atoms. The molecule has 0 saturated heterocycles. The second-order valence-electron chi connectivity index (χ2n) is 3.91. The third-order valence-electron chi connectivity index (χ3n) is 2.46. The maximum atomic E-state index is 11.7. The van der Waals surface area contributed by atoms with Crippen molar-refractivity contribution in [3.05, 3.63) is 0 Å². The molecule has 1 aliphatic rings. The molecule has 0 aromatic carbocycles. The molecule has 1 unspecified atom stereocenters. The van der Waals surface area contributed by atoms with Crippen molar-refractivity contribution in [3.63, 3.8) is 0 Å². The number of nitrogens with two attached hydrogens (primary N) is 1. The highest BCUT2D eigenvalue weighted by Crippen LogP contribution is 2.31. The molecule has 4 N–H and O–H groups in total. The average Bonchev–Trinajstić information content (AvgIpc) is 3.05. The van der Waals surface area contributed by atoms with Crippen LogP contribution in [0.2, 0.25) is 0 Å². The lowest BCUT2D eigenvalue weighted by atomic mass is 10.1. The normalized spacial score (nSPS) is 17.5. The molecule has 0 spiro atoms. The Morgan fingerprint density at radius 2 is 2.27 bits per heavy atom. The fraction of sp³-hybridized carbons (Fsp3) is 0.900. The van der Waals surface area contributed by atoms with Crippen molar-refractivity contribution in [1.82, 2.24) is 10.0 Å². The molecule has 0 heterocycles. The molecule has 0 aromatic rings. The van der Waals surface area contributed by atoms with Crippen molar-refractivity contribution in [2.75, 3.05) is 13.6 Å². The maximum absolute atomic E-state index is 11.7. The summed E-state index contributed by atoms with van der Waals surface area (Å²) in [5.74, 6) is 0.103. The van der Waals surface area contributed by atoms with Crippen LogP contribution in [0.15, 0.2) is 0 Å². The zero-order valence-corrected chi connectivity index (χ0v) is 10.1. The standard InChI is InChI=1S/C10H21N3OS/c1-12-9(4-2-3-7-11)10(14)13-15-8-5-6-8/h8-9,12H,2-7,11H2,1H3,(H,13,14). The van der Waals surface area contributed by atoms with Gasteiger partial charge in [0.05, 0.1) is 6.04 Å². The summed E-state index contributed by atoms with van der Waals surface area (Å²) in [6.07, 6.45) is 5.33. The van der Waals surface area contributed by atoms with E-state index in [1.165, 1.54) is 12.8 Å². The van der Waals surface area contributed by atoms with E-state index in [-0.39, 0.29) is 11.9 Å². The van der Waals surface area contributed by atoms with Gasteiger partial charge in [-0.2, -0.15) is 0 Å². The number of hydrogen-bond donors (Lipinski definition) is 3. The lowest BCUT2D eigenvalue weighted by molar-refractivity contribution is -0.121. The van der Waals surface area contributed by atoms with E-state index in [2.05, 4.69) is 10.0 Å². The molecule has 0 aromatic heterocycles. The molecule has 1 saturated carbocycles. The van der Waals surface area contributed by atoms with E-state index in [0.29, 0.717) is 11.8 Å². The number of carbonyl (C=O) groups excluding carboxylic acids is 1. The van der Waals surface area contributed by atoms with Crippen molar-refractivity contribution < 1.29 is 4.79 Å². The number of hydrogen-bond acceptors (Lipinski definition) is 4. The van der Waals surface area contributed by atoms with Crippen LogP contribution >= 0.6 is 11.9 Å². The topological polar surface area (TPSA) is 67.1 Å². The van der Waals surface area contributed by atoms with Crippen LogP contribution in [0.1, 0.15) is 32.1 Å². The third kappa shape index (κ3) is 5.39. The van der Waals surface area contributed by atoms with Gasteiger partial charge in [0, 0.05) is 5.25 Å². The van der Waals surface area contributed by atoms with E-state index >= 15 is 0 Å². The molecule has 5 heteroatoms. The molecule has 0 radical (unpaired) electrons. The predicted octanol–water partition coefficient (Wildman–Crippen LogP) is 0.630. The molecule has 1 fully saturated rings. The molecule has 0 aliphatic heterocycles. The Labute approximate surface area is 95.9 Å². The Bertz CT molecular complexity index is 197. The van der Waals surface area contributed by atoms with E-state index in [1.807, 2.05) is 7.05 Å². The first-order valence-electron chi connectivity index (χ1n) is 5.60. The highest BCUT2D eigenvalue weighted by molar-refractivity contribution is 7.98. The third-order valence-corrected chi connectivity index (χ3v) is 3.59. The average molecular weight is 231 g/mol. The molecule has 4 nitrogen and oxygen atoms in total. The van der Waals surface area contributed by atoms with E-state index in [4.69, 9.17) is 5.73 Å². The summed E-state index contributed by atoms with van der Waals surface area (Å²) in [5, 5.41) is 3.70. The quantitative estimate of drug-likeness (QED) is 0.423. The number of carbonyl (C=O) groups is 1. The van der Waals surface area contributed by atoms with Crippen LogP contribution in [0, 0.1) is 0 Å².